The van der Waals surface area contributed by atoms with E-state index in [1.54, 1.807) is 0 Å². The zero-order chi connectivity index (χ0) is 12.7. The molecule has 0 amide bonds. The molecule has 3 nitrogen and oxygen atoms in total. The monoisotopic (exact) mass is 319 g/mol. The molecule has 0 radical (unpaired) electrons. The molecular formula is C13H10BrN3S. The topological polar surface area (TPSA) is 33.6 Å². The van der Waals surface area contributed by atoms with Gasteiger partial charge >= 0.3 is 0 Å². The summed E-state index contributed by atoms with van der Waals surface area (Å²) in [7, 11) is 0. The fraction of sp³-hybridized carbons (Fsp3) is 0.0769. The third kappa shape index (κ3) is 1.79. The van der Waals surface area contributed by atoms with Crippen LogP contribution in [-0.2, 0) is 6.54 Å². The van der Waals surface area contributed by atoms with Gasteiger partial charge < -0.3 is 9.55 Å². The molecular weight excluding hydrogens is 310 g/mol. The first kappa shape index (κ1) is 11.6. The van der Waals surface area contributed by atoms with E-state index in [2.05, 4.69) is 38.5 Å². The van der Waals surface area contributed by atoms with Gasteiger partial charge in [0.05, 0.1) is 29.3 Å². The fourth-order valence-electron chi connectivity index (χ4n) is 2.12. The molecule has 1 N–H and O–H groups in total. The Bertz CT molecular complexity index is 816. The number of fused-ring (bicyclic) bond motifs is 3. The van der Waals surface area contributed by atoms with E-state index in [0.29, 0.717) is 11.3 Å². The second kappa shape index (κ2) is 4.33. The van der Waals surface area contributed by atoms with Crippen molar-refractivity contribution in [3.8, 4) is 0 Å². The normalized spacial score (nSPS) is 11.2. The average Bonchev–Trinajstić information content (AvgIpc) is 2.66. The number of halogens is 1. The SMILES string of the molecule is C=C(Br)Cn1c(=S)[nH]c2cnc3ccccc3c21. The van der Waals surface area contributed by atoms with Crippen LogP contribution in [0.1, 0.15) is 0 Å². The van der Waals surface area contributed by atoms with Crippen LogP contribution in [0, 0.1) is 4.77 Å². The van der Waals surface area contributed by atoms with E-state index in [4.69, 9.17) is 12.2 Å². The summed E-state index contributed by atoms with van der Waals surface area (Å²) in [5, 5.41) is 1.09. The molecule has 0 spiro atoms. The van der Waals surface area contributed by atoms with Crippen LogP contribution in [0.4, 0.5) is 0 Å². The molecule has 3 aromatic rings. The molecule has 0 bridgehead atoms. The largest absolute Gasteiger partial charge is 0.329 e. The maximum absolute atomic E-state index is 5.35. The van der Waals surface area contributed by atoms with Gasteiger partial charge in [-0.15, -0.1) is 0 Å². The van der Waals surface area contributed by atoms with E-state index in [1.807, 2.05) is 29.0 Å². The molecule has 0 aliphatic carbocycles. The Morgan fingerprint density at radius 3 is 3.00 bits per heavy atom. The number of aromatic nitrogens is 3. The number of para-hydroxylation sites is 1. The summed E-state index contributed by atoms with van der Waals surface area (Å²) >= 11 is 8.74. The molecule has 18 heavy (non-hydrogen) atoms. The first-order valence-corrected chi connectivity index (χ1v) is 6.66. The van der Waals surface area contributed by atoms with Gasteiger partial charge in [-0.3, -0.25) is 4.98 Å². The number of rotatable bonds is 2. The fourth-order valence-corrected chi connectivity index (χ4v) is 2.63. The van der Waals surface area contributed by atoms with Crippen molar-refractivity contribution >= 4 is 50.1 Å². The van der Waals surface area contributed by atoms with Gasteiger partial charge in [0, 0.05) is 9.87 Å². The van der Waals surface area contributed by atoms with Crippen LogP contribution in [-0.4, -0.2) is 14.5 Å². The third-order valence-corrected chi connectivity index (χ3v) is 3.41. The number of allylic oxidation sites excluding steroid dienone is 1. The molecule has 3 rings (SSSR count). The highest BCUT2D eigenvalue weighted by Crippen LogP contribution is 2.24. The number of benzene rings is 1. The number of H-pyrrole nitrogens is 1. The number of pyridine rings is 1. The zero-order valence-electron chi connectivity index (χ0n) is 9.48. The summed E-state index contributed by atoms with van der Waals surface area (Å²) in [5.74, 6) is 0. The molecule has 0 aliphatic heterocycles. The summed E-state index contributed by atoms with van der Waals surface area (Å²) in [6, 6.07) is 8.04. The van der Waals surface area contributed by atoms with E-state index in [-0.39, 0.29) is 0 Å². The summed E-state index contributed by atoms with van der Waals surface area (Å²) in [6.07, 6.45) is 1.82. The van der Waals surface area contributed by atoms with Crippen molar-refractivity contribution in [2.75, 3.05) is 0 Å². The lowest BCUT2D eigenvalue weighted by Crippen LogP contribution is -1.97. The average molecular weight is 320 g/mol. The smallest absolute Gasteiger partial charge is 0.178 e. The van der Waals surface area contributed by atoms with E-state index in [9.17, 15) is 0 Å². The van der Waals surface area contributed by atoms with Crippen LogP contribution in [0.25, 0.3) is 21.9 Å². The molecule has 0 atom stereocenters. The number of aromatic amines is 1. The van der Waals surface area contributed by atoms with Crippen LogP contribution in [0.2, 0.25) is 0 Å². The van der Waals surface area contributed by atoms with E-state index in [1.165, 1.54) is 0 Å². The Hall–Kier alpha value is -1.46. The molecule has 0 fully saturated rings. The van der Waals surface area contributed by atoms with Crippen molar-refractivity contribution in [1.29, 1.82) is 0 Å². The Kier molecular flexibility index (Phi) is 2.80. The molecule has 2 aromatic heterocycles. The predicted octanol–water partition coefficient (Wildman–Crippen LogP) is 4.16. The number of hydrogen-bond donors (Lipinski definition) is 1. The van der Waals surface area contributed by atoms with Gasteiger partial charge in [0.2, 0.25) is 0 Å². The van der Waals surface area contributed by atoms with Crippen molar-refractivity contribution in [2.45, 2.75) is 6.54 Å². The molecule has 2 heterocycles. The number of imidazole rings is 1. The zero-order valence-corrected chi connectivity index (χ0v) is 11.9. The number of hydrogen-bond acceptors (Lipinski definition) is 2. The van der Waals surface area contributed by atoms with Crippen molar-refractivity contribution in [1.82, 2.24) is 14.5 Å². The van der Waals surface area contributed by atoms with Crippen LogP contribution in [0.3, 0.4) is 0 Å². The van der Waals surface area contributed by atoms with Gasteiger partial charge in [0.25, 0.3) is 0 Å². The van der Waals surface area contributed by atoms with Gasteiger partial charge in [0.15, 0.2) is 4.77 Å². The molecule has 0 saturated carbocycles. The minimum absolute atomic E-state index is 0.646. The van der Waals surface area contributed by atoms with Gasteiger partial charge in [-0.05, 0) is 18.3 Å². The Morgan fingerprint density at radius 1 is 1.44 bits per heavy atom. The van der Waals surface area contributed by atoms with Crippen molar-refractivity contribution < 1.29 is 0 Å². The highest BCUT2D eigenvalue weighted by atomic mass is 79.9. The van der Waals surface area contributed by atoms with Crippen LogP contribution < -0.4 is 0 Å². The summed E-state index contributed by atoms with van der Waals surface area (Å²) in [4.78, 5) is 7.60. The second-order valence-electron chi connectivity index (χ2n) is 4.07. The maximum Gasteiger partial charge on any atom is 0.178 e. The van der Waals surface area contributed by atoms with Crippen molar-refractivity contribution in [2.24, 2.45) is 0 Å². The van der Waals surface area contributed by atoms with E-state index < -0.39 is 0 Å². The lowest BCUT2D eigenvalue weighted by atomic mass is 10.2. The molecule has 90 valence electrons. The molecule has 0 unspecified atom stereocenters. The first-order chi connectivity index (χ1) is 8.66. The number of nitrogens with one attached hydrogen (secondary N) is 1. The van der Waals surface area contributed by atoms with Crippen LogP contribution in [0.5, 0.6) is 0 Å². The summed E-state index contributed by atoms with van der Waals surface area (Å²) in [5.41, 5.74) is 2.99. The molecule has 5 heteroatoms. The molecule has 0 saturated heterocycles. The Morgan fingerprint density at radius 2 is 2.22 bits per heavy atom. The number of nitrogens with zero attached hydrogens (tertiary/aromatic N) is 2. The van der Waals surface area contributed by atoms with Gasteiger partial charge in [-0.2, -0.15) is 0 Å². The van der Waals surface area contributed by atoms with Crippen LogP contribution >= 0.6 is 28.1 Å². The Balaban J connectivity index is 2.47. The predicted molar refractivity (Wildman–Crippen MR) is 80.5 cm³/mol. The minimum Gasteiger partial charge on any atom is -0.329 e. The van der Waals surface area contributed by atoms with E-state index >= 15 is 0 Å². The van der Waals surface area contributed by atoms with Crippen molar-refractivity contribution in [3.05, 3.63) is 46.3 Å². The first-order valence-electron chi connectivity index (χ1n) is 5.46. The van der Waals surface area contributed by atoms with Gasteiger partial charge in [-0.25, -0.2) is 0 Å². The molecule has 0 aliphatic rings. The molecule has 1 aromatic carbocycles. The summed E-state index contributed by atoms with van der Waals surface area (Å²) in [6.45, 7) is 4.52. The Labute approximate surface area is 117 Å². The minimum atomic E-state index is 0.646. The van der Waals surface area contributed by atoms with Gasteiger partial charge in [0.1, 0.15) is 0 Å². The van der Waals surface area contributed by atoms with Crippen molar-refractivity contribution in [3.63, 3.8) is 0 Å². The maximum atomic E-state index is 5.35. The van der Waals surface area contributed by atoms with E-state index in [0.717, 1.165) is 26.4 Å². The highest BCUT2D eigenvalue weighted by Gasteiger charge is 2.09. The quantitative estimate of drug-likeness (QED) is 0.720. The standard InChI is InChI=1S/C13H10BrN3S/c1-8(14)7-17-12-9-4-2-3-5-10(9)15-6-11(12)16-13(17)18/h2-6H,1,7H2,(H,16,18). The lowest BCUT2D eigenvalue weighted by Gasteiger charge is -2.05. The highest BCUT2D eigenvalue weighted by molar-refractivity contribution is 9.11. The lowest BCUT2D eigenvalue weighted by molar-refractivity contribution is 0.831. The summed E-state index contributed by atoms with van der Waals surface area (Å²) < 4.78 is 3.61. The van der Waals surface area contributed by atoms with Crippen LogP contribution in [0.15, 0.2) is 41.5 Å². The second-order valence-corrected chi connectivity index (χ2v) is 5.58. The third-order valence-electron chi connectivity index (χ3n) is 2.83. The van der Waals surface area contributed by atoms with Gasteiger partial charge in [-0.1, -0.05) is 40.7 Å².